The molecule has 6 amide bonds. The topological polar surface area (TPSA) is 166 Å². The molecule has 13 heteroatoms. The molecule has 2 fully saturated rings. The molecule has 2 aromatic carbocycles. The molecule has 6 rings (SSSR count). The molecule has 2 aromatic rings. The van der Waals surface area contributed by atoms with Crippen LogP contribution in [-0.2, 0) is 41.6 Å². The molecule has 2 saturated heterocycles. The fourth-order valence-corrected chi connectivity index (χ4v) is 5.98. The average Bonchev–Trinajstić information content (AvgIpc) is 3.45. The van der Waals surface area contributed by atoms with E-state index in [1.807, 2.05) is 30.3 Å². The van der Waals surface area contributed by atoms with Crippen molar-refractivity contribution in [2.75, 3.05) is 32.8 Å². The molecule has 0 aliphatic carbocycles. The fraction of sp³-hybridized carbons (Fsp3) is 0.455. The molecular formula is C33H40N6O7. The van der Waals surface area contributed by atoms with Crippen molar-refractivity contribution >= 4 is 35.4 Å². The van der Waals surface area contributed by atoms with E-state index in [-0.39, 0.29) is 44.2 Å². The van der Waals surface area contributed by atoms with Gasteiger partial charge in [0.15, 0.2) is 6.61 Å². The van der Waals surface area contributed by atoms with Crippen LogP contribution in [0.15, 0.2) is 54.6 Å². The van der Waals surface area contributed by atoms with E-state index in [2.05, 4.69) is 21.3 Å². The lowest BCUT2D eigenvalue weighted by Crippen LogP contribution is -2.58. The van der Waals surface area contributed by atoms with Gasteiger partial charge in [0, 0.05) is 45.4 Å². The second-order valence-electron chi connectivity index (χ2n) is 11.9. The molecule has 244 valence electrons. The van der Waals surface area contributed by atoms with Crippen LogP contribution in [0.25, 0.3) is 0 Å². The first-order chi connectivity index (χ1) is 22.2. The summed E-state index contributed by atoms with van der Waals surface area (Å²) in [6, 6.07) is 12.3. The number of fused-ring (bicyclic) bond motifs is 13. The molecule has 2 bridgehead atoms. The third-order valence-corrected chi connectivity index (χ3v) is 8.48. The highest BCUT2D eigenvalue weighted by Crippen LogP contribution is 2.21. The highest BCUT2D eigenvalue weighted by atomic mass is 16.5. The summed E-state index contributed by atoms with van der Waals surface area (Å²) in [4.78, 5) is 82.3. The van der Waals surface area contributed by atoms with Gasteiger partial charge in [0.1, 0.15) is 29.9 Å². The van der Waals surface area contributed by atoms with Crippen LogP contribution in [0.1, 0.15) is 37.3 Å². The summed E-state index contributed by atoms with van der Waals surface area (Å²) in [5.74, 6) is -2.01. The second-order valence-corrected chi connectivity index (χ2v) is 11.9. The van der Waals surface area contributed by atoms with E-state index >= 15 is 0 Å². The molecule has 0 radical (unpaired) electrons. The molecule has 0 aromatic heterocycles. The lowest BCUT2D eigenvalue weighted by Gasteiger charge is -2.30. The largest absolute Gasteiger partial charge is 0.484 e. The summed E-state index contributed by atoms with van der Waals surface area (Å²) < 4.78 is 5.71. The van der Waals surface area contributed by atoms with Crippen molar-refractivity contribution in [3.8, 4) is 5.75 Å². The Bertz CT molecular complexity index is 1450. The van der Waals surface area contributed by atoms with Crippen molar-refractivity contribution in [2.45, 2.75) is 63.2 Å². The number of benzene rings is 2. The summed E-state index contributed by atoms with van der Waals surface area (Å²) in [5.41, 5.74) is 1.57. The minimum absolute atomic E-state index is 0.147. The van der Waals surface area contributed by atoms with Gasteiger partial charge in [-0.25, -0.2) is 0 Å². The van der Waals surface area contributed by atoms with Crippen LogP contribution < -0.4 is 26.0 Å². The van der Waals surface area contributed by atoms with Crippen LogP contribution in [0.2, 0.25) is 0 Å². The Hall–Kier alpha value is -4.94. The second kappa shape index (κ2) is 14.9. The van der Waals surface area contributed by atoms with Gasteiger partial charge < -0.3 is 35.8 Å². The third-order valence-electron chi connectivity index (χ3n) is 8.48. The van der Waals surface area contributed by atoms with Crippen molar-refractivity contribution < 1.29 is 33.5 Å². The van der Waals surface area contributed by atoms with Gasteiger partial charge in [0.05, 0.1) is 0 Å². The Morgan fingerprint density at radius 2 is 1.63 bits per heavy atom. The number of nitrogens with zero attached hydrogens (tertiary/aromatic N) is 2. The Balaban J connectivity index is 1.40. The zero-order chi connectivity index (χ0) is 32.6. The molecule has 4 aliphatic heterocycles. The number of carbonyl (C=O) groups is 6. The monoisotopic (exact) mass is 632 g/mol. The van der Waals surface area contributed by atoms with Gasteiger partial charge in [-0.2, -0.15) is 0 Å². The number of nitrogens with one attached hydrogen (secondary N) is 4. The van der Waals surface area contributed by atoms with Crippen molar-refractivity contribution in [1.29, 1.82) is 0 Å². The fourth-order valence-electron chi connectivity index (χ4n) is 5.98. The highest BCUT2D eigenvalue weighted by molar-refractivity contribution is 5.96. The normalized spacial score (nSPS) is 25.0. The molecular weight excluding hydrogens is 592 g/mol. The summed E-state index contributed by atoms with van der Waals surface area (Å²) in [6.45, 7) is 2.34. The maximum Gasteiger partial charge on any atom is 0.258 e. The van der Waals surface area contributed by atoms with Crippen LogP contribution >= 0.6 is 0 Å². The number of hydrogen-bond donors (Lipinski definition) is 4. The maximum atomic E-state index is 13.9. The number of amides is 6. The Kier molecular flexibility index (Phi) is 10.5. The Morgan fingerprint density at radius 3 is 2.39 bits per heavy atom. The van der Waals surface area contributed by atoms with Crippen LogP contribution in [0.3, 0.4) is 0 Å². The molecule has 0 spiro atoms. The van der Waals surface area contributed by atoms with Crippen LogP contribution in [-0.4, -0.2) is 102 Å². The van der Waals surface area contributed by atoms with Gasteiger partial charge in [-0.05, 0) is 43.0 Å². The quantitative estimate of drug-likeness (QED) is 0.360. The van der Waals surface area contributed by atoms with Crippen LogP contribution in [0.5, 0.6) is 5.75 Å². The van der Waals surface area contributed by atoms with E-state index < -0.39 is 47.8 Å². The molecule has 4 N–H and O–H groups in total. The highest BCUT2D eigenvalue weighted by Gasteiger charge is 2.39. The SMILES string of the molecule is C[C@@H]1NC(=O)[C@H]2CCCN2C(=O)[C@@H](Cc2ccccc2)NC(=O)COc2ccc(cc2)C[C@H](C(=O)N2CCNC(=O)CC2)NC1=O. The first kappa shape index (κ1) is 32.5. The molecule has 0 saturated carbocycles. The zero-order valence-electron chi connectivity index (χ0n) is 25.8. The maximum absolute atomic E-state index is 13.9. The van der Waals surface area contributed by atoms with Crippen molar-refractivity contribution in [3.63, 3.8) is 0 Å². The number of hydrogen-bond acceptors (Lipinski definition) is 7. The molecule has 4 atom stereocenters. The molecule has 4 aliphatic rings. The molecule has 0 unspecified atom stereocenters. The minimum Gasteiger partial charge on any atom is -0.484 e. The number of carbonyl (C=O) groups excluding carboxylic acids is 6. The van der Waals surface area contributed by atoms with Crippen LogP contribution in [0, 0.1) is 0 Å². The van der Waals surface area contributed by atoms with Gasteiger partial charge in [0.25, 0.3) is 5.91 Å². The smallest absolute Gasteiger partial charge is 0.258 e. The van der Waals surface area contributed by atoms with E-state index in [0.29, 0.717) is 38.2 Å². The predicted molar refractivity (Wildman–Crippen MR) is 166 cm³/mol. The lowest BCUT2D eigenvalue weighted by molar-refractivity contribution is -0.142. The van der Waals surface area contributed by atoms with Crippen molar-refractivity contribution in [1.82, 2.24) is 31.1 Å². The first-order valence-corrected chi connectivity index (χ1v) is 15.7. The summed E-state index contributed by atoms with van der Waals surface area (Å²) in [7, 11) is 0. The molecule has 4 heterocycles. The van der Waals surface area contributed by atoms with Gasteiger partial charge in [-0.15, -0.1) is 0 Å². The molecule has 46 heavy (non-hydrogen) atoms. The van der Waals surface area contributed by atoms with E-state index in [1.165, 1.54) is 11.8 Å². The van der Waals surface area contributed by atoms with Gasteiger partial charge in [-0.1, -0.05) is 42.5 Å². The van der Waals surface area contributed by atoms with Crippen molar-refractivity contribution in [2.24, 2.45) is 0 Å². The van der Waals surface area contributed by atoms with E-state index in [9.17, 15) is 28.8 Å². The summed E-state index contributed by atoms with van der Waals surface area (Å²) in [5, 5.41) is 11.1. The van der Waals surface area contributed by atoms with E-state index in [0.717, 1.165) is 11.1 Å². The minimum atomic E-state index is -1.01. The van der Waals surface area contributed by atoms with Gasteiger partial charge >= 0.3 is 0 Å². The average molecular weight is 633 g/mol. The zero-order valence-corrected chi connectivity index (χ0v) is 25.8. The molecule has 13 nitrogen and oxygen atoms in total. The van der Waals surface area contributed by atoms with Crippen molar-refractivity contribution in [3.05, 3.63) is 65.7 Å². The van der Waals surface area contributed by atoms with Crippen LogP contribution in [0.4, 0.5) is 0 Å². The number of rotatable bonds is 3. The first-order valence-electron chi connectivity index (χ1n) is 15.7. The Labute approximate surface area is 267 Å². The standard InChI is InChI=1S/C33H40N6O7/c1-21-30(42)37-25(32(44)38-16-13-28(40)34-14-17-38)19-23-9-11-24(12-10-23)46-20-29(41)36-26(18-22-6-3-2-4-7-22)33(45)39-15-5-8-27(39)31(43)35-21/h2-4,6-7,9-12,21,25-27H,5,8,13-20H2,1H3,(H,34,40)(H,35,43)(H,36,41)(H,37,42)/t21-,25+,26+,27+/m0/s1. The Morgan fingerprint density at radius 1 is 0.870 bits per heavy atom. The van der Waals surface area contributed by atoms with E-state index in [4.69, 9.17) is 4.74 Å². The summed E-state index contributed by atoms with van der Waals surface area (Å²) in [6.07, 6.45) is 1.51. The number of ether oxygens (including phenoxy) is 1. The third kappa shape index (κ3) is 8.20. The predicted octanol–water partition coefficient (Wildman–Crippen LogP) is -0.322. The van der Waals surface area contributed by atoms with E-state index in [1.54, 1.807) is 29.2 Å². The van der Waals surface area contributed by atoms with Gasteiger partial charge in [-0.3, -0.25) is 28.8 Å². The summed E-state index contributed by atoms with van der Waals surface area (Å²) >= 11 is 0. The lowest BCUT2D eigenvalue weighted by atomic mass is 10.0. The van der Waals surface area contributed by atoms with Gasteiger partial charge in [0.2, 0.25) is 29.5 Å².